The molecule has 0 saturated carbocycles. The lowest BCUT2D eigenvalue weighted by atomic mass is 9.86. The lowest BCUT2D eigenvalue weighted by Gasteiger charge is -2.35. The van der Waals surface area contributed by atoms with E-state index in [1.807, 2.05) is 57.5 Å². The van der Waals surface area contributed by atoms with Crippen LogP contribution in [0.25, 0.3) is 84.6 Å². The summed E-state index contributed by atoms with van der Waals surface area (Å²) in [6.45, 7) is 39.5. The van der Waals surface area contributed by atoms with E-state index in [-0.39, 0.29) is 60.8 Å². The SMILES string of the molecule is COCC(C)n1c(-c2cn3c(CCOCC(C)n4c(-c5cn6c(CCOCC(C)n7c(-c8cn9c(C)nnc9c(NC(C)C)n8)nc8ccc(C(C)C)cc87)nnc6c(NC(C)C)n5)nc5cc6c(cc54)N(C(C)C)C(=O)C6(C)C)nnc3c(NC(C)C)n2)nc2ccc(N3CCOCC3C)cc21. The van der Waals surface area contributed by atoms with E-state index in [0.717, 1.165) is 62.4 Å². The third kappa shape index (κ3) is 13.1. The highest BCUT2D eigenvalue weighted by molar-refractivity contribution is 6.10. The Balaban J connectivity index is 0.768. The van der Waals surface area contributed by atoms with Gasteiger partial charge in [0.1, 0.15) is 34.6 Å². The van der Waals surface area contributed by atoms with Crippen molar-refractivity contribution in [3.8, 4) is 34.6 Å². The predicted octanol–water partition coefficient (Wildman–Crippen LogP) is 12.0. The van der Waals surface area contributed by atoms with Crippen molar-refractivity contribution in [1.29, 1.82) is 0 Å². The van der Waals surface area contributed by atoms with Crippen molar-refractivity contribution in [2.75, 3.05) is 85.7 Å². The molecule has 9 aromatic heterocycles. The number of fused-ring (bicyclic) bond motifs is 7. The number of carbonyl (C=O) groups is 1. The first-order valence-corrected chi connectivity index (χ1v) is 36.3. The van der Waals surface area contributed by atoms with Gasteiger partial charge in [0.05, 0.1) is 109 Å². The zero-order chi connectivity index (χ0) is 72.6. The number of methoxy groups -OCH3 is 1. The van der Waals surface area contributed by atoms with Crippen molar-refractivity contribution in [3.63, 3.8) is 0 Å². The van der Waals surface area contributed by atoms with Gasteiger partial charge in [-0.05, 0) is 163 Å². The molecule has 0 bridgehead atoms. The number of hydrogen-bond donors (Lipinski definition) is 3. The number of hydrogen-bond acceptors (Lipinski definition) is 21. The van der Waals surface area contributed by atoms with Crippen LogP contribution in [0.3, 0.4) is 0 Å². The van der Waals surface area contributed by atoms with Gasteiger partial charge in [0, 0.05) is 81.0 Å². The second-order valence-electron chi connectivity index (χ2n) is 29.9. The van der Waals surface area contributed by atoms with Gasteiger partial charge in [-0.2, -0.15) is 0 Å². The molecular weight excluding hydrogens is 1300 g/mol. The first-order chi connectivity index (χ1) is 49.4. The van der Waals surface area contributed by atoms with Crippen LogP contribution in [-0.4, -0.2) is 183 Å². The molecule has 4 unspecified atom stereocenters. The van der Waals surface area contributed by atoms with E-state index in [2.05, 4.69) is 190 Å². The molecule has 2 aliphatic heterocycles. The number of morpholine rings is 1. The van der Waals surface area contributed by atoms with E-state index in [0.29, 0.717) is 139 Å². The number of carbonyl (C=O) groups excluding carboxylic acids is 1. The molecule has 542 valence electrons. The van der Waals surface area contributed by atoms with Crippen LogP contribution in [0.1, 0.15) is 163 Å². The number of anilines is 5. The monoisotopic (exact) mass is 1400 g/mol. The van der Waals surface area contributed by atoms with Gasteiger partial charge in [0.2, 0.25) is 22.8 Å². The van der Waals surface area contributed by atoms with Crippen LogP contribution in [0.4, 0.5) is 28.8 Å². The van der Waals surface area contributed by atoms with Crippen molar-refractivity contribution >= 4 is 84.8 Å². The summed E-state index contributed by atoms with van der Waals surface area (Å²) in [7, 11) is 1.73. The summed E-state index contributed by atoms with van der Waals surface area (Å²) in [5.41, 5.74) is 12.4. The number of nitrogens with zero attached hydrogens (tertiary/aromatic N) is 20. The number of aromatic nitrogens is 18. The predicted molar refractivity (Wildman–Crippen MR) is 402 cm³/mol. The van der Waals surface area contributed by atoms with Gasteiger partial charge in [0.15, 0.2) is 34.9 Å². The first-order valence-electron chi connectivity index (χ1n) is 36.3. The Bertz CT molecular complexity index is 5150. The molecule has 3 N–H and O–H groups in total. The molecular formula is C75H97N23O5. The molecule has 1 fully saturated rings. The number of nitrogens with one attached hydrogen (secondary N) is 3. The number of imidazole rings is 3. The molecule has 12 aromatic rings. The molecule has 28 nitrogen and oxygen atoms in total. The van der Waals surface area contributed by atoms with E-state index >= 15 is 0 Å². The Hall–Kier alpha value is -9.77. The van der Waals surface area contributed by atoms with Gasteiger partial charge >= 0.3 is 0 Å². The number of amides is 1. The summed E-state index contributed by atoms with van der Waals surface area (Å²) in [6.07, 6.45) is 6.80. The minimum absolute atomic E-state index is 0.00133. The largest absolute Gasteiger partial charge is 0.383 e. The Morgan fingerprint density at radius 2 is 1.04 bits per heavy atom. The fraction of sp³-hybridized carbons (Fsp3) is 0.507. The fourth-order valence-electron chi connectivity index (χ4n) is 14.6. The minimum atomic E-state index is -0.780. The van der Waals surface area contributed by atoms with Crippen LogP contribution in [-0.2, 0) is 42.0 Å². The van der Waals surface area contributed by atoms with Crippen LogP contribution < -0.4 is 25.8 Å². The highest BCUT2D eigenvalue weighted by Gasteiger charge is 2.46. The minimum Gasteiger partial charge on any atom is -0.383 e. The number of ether oxygens (including phenoxy) is 4. The van der Waals surface area contributed by atoms with Gasteiger partial charge < -0.3 is 58.4 Å². The van der Waals surface area contributed by atoms with Crippen molar-refractivity contribution < 1.29 is 23.7 Å². The van der Waals surface area contributed by atoms with Crippen molar-refractivity contribution in [2.24, 2.45) is 0 Å². The van der Waals surface area contributed by atoms with Gasteiger partial charge in [-0.3, -0.25) is 18.0 Å². The van der Waals surface area contributed by atoms with Gasteiger partial charge in [-0.15, -0.1) is 30.6 Å². The molecule has 1 saturated heterocycles. The molecule has 0 radical (unpaired) electrons. The van der Waals surface area contributed by atoms with E-state index in [1.54, 1.807) is 7.11 Å². The van der Waals surface area contributed by atoms with Crippen molar-refractivity contribution in [1.82, 2.24) is 87.4 Å². The Labute approximate surface area is 599 Å². The highest BCUT2D eigenvalue weighted by Crippen LogP contribution is 2.46. The summed E-state index contributed by atoms with van der Waals surface area (Å²) >= 11 is 0. The normalized spacial score (nSPS) is 16.0. The van der Waals surface area contributed by atoms with Gasteiger partial charge in [-0.1, -0.05) is 19.9 Å². The van der Waals surface area contributed by atoms with Crippen LogP contribution in [0.5, 0.6) is 0 Å². The second kappa shape index (κ2) is 28.1. The Morgan fingerprint density at radius 3 is 1.54 bits per heavy atom. The zero-order valence-electron chi connectivity index (χ0n) is 62.6. The smallest absolute Gasteiger partial charge is 0.237 e. The molecule has 2 aliphatic rings. The van der Waals surface area contributed by atoms with E-state index in [4.69, 9.17) is 69.2 Å². The number of benzene rings is 3. The molecule has 0 spiro atoms. The van der Waals surface area contributed by atoms with Gasteiger partial charge in [0.25, 0.3) is 0 Å². The Kier molecular flexibility index (Phi) is 19.2. The summed E-state index contributed by atoms with van der Waals surface area (Å²) < 4.78 is 37.7. The van der Waals surface area contributed by atoms with Crippen molar-refractivity contribution in [3.05, 3.63) is 95.7 Å². The van der Waals surface area contributed by atoms with Crippen LogP contribution >= 0.6 is 0 Å². The molecule has 4 atom stereocenters. The standard InChI is InChI=1S/C75H97N23O5/c1-40(2)50-19-21-53-60(29-50)97(68(82-53)56-33-92-49(15)85-88-71(92)65(79-56)76-41(3)4)47(13)38-101-26-23-64-87-90-73-67(78-43(7)8)81-58(35-94(64)73)70-84-55-31-52-59(95(44(9)10)74(99)75(52,16)17)32-62(55)98(70)48(14)39-102-27-24-63-86-89-72-66(77-42(5)6)80-57(34-93(63)72)69-83-54-22-20-51(91-25-28-103-37-45(91)11)30-61(54)96(69)46(12)36-100-18/h19-22,29-35,40-48H,23-28,36-39H2,1-18H3,(H,76,79)(H,77,80)(H,78,81). The first kappa shape index (κ1) is 70.3. The fourth-order valence-corrected chi connectivity index (χ4v) is 14.6. The highest BCUT2D eigenvalue weighted by atomic mass is 16.5. The average molecular weight is 1400 g/mol. The molecule has 103 heavy (non-hydrogen) atoms. The molecule has 28 heteroatoms. The van der Waals surface area contributed by atoms with E-state index in [1.165, 1.54) is 5.56 Å². The third-order valence-electron chi connectivity index (χ3n) is 19.6. The third-order valence-corrected chi connectivity index (χ3v) is 19.6. The lowest BCUT2D eigenvalue weighted by Crippen LogP contribution is -2.43. The number of rotatable bonds is 27. The van der Waals surface area contributed by atoms with Crippen LogP contribution in [0, 0.1) is 6.92 Å². The summed E-state index contributed by atoms with van der Waals surface area (Å²) in [5, 5.41) is 38.5. The van der Waals surface area contributed by atoms with Gasteiger partial charge in [-0.25, -0.2) is 29.9 Å². The maximum Gasteiger partial charge on any atom is 0.237 e. The van der Waals surface area contributed by atoms with Crippen LogP contribution in [0.2, 0.25) is 0 Å². The molecule has 11 heterocycles. The lowest BCUT2D eigenvalue weighted by molar-refractivity contribution is -0.122. The summed E-state index contributed by atoms with van der Waals surface area (Å²) in [5.74, 6) is 6.32. The average Bonchev–Trinajstić information content (AvgIpc) is 1.57. The van der Waals surface area contributed by atoms with Crippen LogP contribution in [0.15, 0.2) is 67.1 Å². The summed E-state index contributed by atoms with van der Waals surface area (Å²) in [6, 6.07) is 16.9. The molecule has 0 aliphatic carbocycles. The maximum atomic E-state index is 14.3. The quantitative estimate of drug-likeness (QED) is 0.0403. The Morgan fingerprint density at radius 1 is 0.563 bits per heavy atom. The summed E-state index contributed by atoms with van der Waals surface area (Å²) in [4.78, 5) is 50.3. The molecule has 3 aromatic carbocycles. The second-order valence-corrected chi connectivity index (χ2v) is 29.9. The molecule has 14 rings (SSSR count). The van der Waals surface area contributed by atoms with E-state index in [9.17, 15) is 4.79 Å². The molecule has 1 amide bonds. The maximum absolute atomic E-state index is 14.3. The number of aryl methyl sites for hydroxylation is 1. The topological polar surface area (TPSA) is 279 Å². The van der Waals surface area contributed by atoms with E-state index < -0.39 is 5.41 Å². The zero-order valence-corrected chi connectivity index (χ0v) is 62.6. The van der Waals surface area contributed by atoms with Crippen molar-refractivity contribution in [2.45, 2.75) is 190 Å².